The number of unbranched alkanes of at least 4 members (excludes halogenated alkanes) is 2. The van der Waals surface area contributed by atoms with E-state index >= 15 is 0 Å². The molecule has 0 saturated carbocycles. The molecule has 1 atom stereocenters. The number of rotatable bonds is 11. The van der Waals surface area contributed by atoms with Gasteiger partial charge in [-0.1, -0.05) is 48.8 Å². The van der Waals surface area contributed by atoms with Crippen LogP contribution in [0.3, 0.4) is 0 Å². The second-order valence-corrected chi connectivity index (χ2v) is 11.1. The fourth-order valence-corrected chi connectivity index (χ4v) is 6.02. The van der Waals surface area contributed by atoms with E-state index in [0.717, 1.165) is 24.0 Å². The predicted molar refractivity (Wildman–Crippen MR) is 165 cm³/mol. The zero-order chi connectivity index (χ0) is 29.8. The minimum Gasteiger partial charge on any atom is -0.507 e. The van der Waals surface area contributed by atoms with Crippen LogP contribution in [0.4, 0.5) is 5.13 Å². The number of benzene rings is 3. The molecule has 1 N–H and O–H groups in total. The van der Waals surface area contributed by atoms with Crippen LogP contribution in [0.5, 0.6) is 17.2 Å². The standard InChI is InChI=1S/C32H31ClN2O6S/c1-4-6-7-16-41-24-15-10-20(17-25(24)39-3)28-27(29(36)19-8-11-21(33)12-9-19)30(37)31(38)35(28)32-34-23-14-13-22(40-5-2)18-26(23)42-32/h8-15,17-18,28,36H,4-7,16H2,1-3H3. The number of carbonyl (C=O) groups excluding carboxylic acids is 2. The Morgan fingerprint density at radius 1 is 1.00 bits per heavy atom. The van der Waals surface area contributed by atoms with E-state index in [1.165, 1.54) is 23.3 Å². The van der Waals surface area contributed by atoms with Gasteiger partial charge in [0.25, 0.3) is 5.78 Å². The maximum absolute atomic E-state index is 13.7. The van der Waals surface area contributed by atoms with Crippen molar-refractivity contribution < 1.29 is 28.9 Å². The average molecular weight is 607 g/mol. The van der Waals surface area contributed by atoms with Crippen molar-refractivity contribution in [2.75, 3.05) is 25.2 Å². The third kappa shape index (κ3) is 5.80. The van der Waals surface area contributed by atoms with Gasteiger partial charge in [0, 0.05) is 10.6 Å². The smallest absolute Gasteiger partial charge is 0.301 e. The Morgan fingerprint density at radius 2 is 1.79 bits per heavy atom. The van der Waals surface area contributed by atoms with Crippen molar-refractivity contribution in [1.29, 1.82) is 0 Å². The normalized spacial score (nSPS) is 16.3. The topological polar surface area (TPSA) is 98.2 Å². The molecule has 2 heterocycles. The molecule has 0 radical (unpaired) electrons. The molecule has 1 saturated heterocycles. The van der Waals surface area contributed by atoms with Crippen LogP contribution in [0, 0.1) is 0 Å². The second kappa shape index (κ2) is 12.8. The minimum absolute atomic E-state index is 0.0600. The summed E-state index contributed by atoms with van der Waals surface area (Å²) in [4.78, 5) is 33.3. The number of aliphatic hydroxyl groups excluding tert-OH is 1. The Balaban J connectivity index is 1.64. The van der Waals surface area contributed by atoms with Gasteiger partial charge >= 0.3 is 5.91 Å². The van der Waals surface area contributed by atoms with Crippen molar-refractivity contribution in [2.24, 2.45) is 0 Å². The van der Waals surface area contributed by atoms with E-state index in [9.17, 15) is 14.7 Å². The highest BCUT2D eigenvalue weighted by atomic mass is 35.5. The first-order valence-electron chi connectivity index (χ1n) is 13.8. The third-order valence-electron chi connectivity index (χ3n) is 6.94. The van der Waals surface area contributed by atoms with Crippen LogP contribution >= 0.6 is 22.9 Å². The zero-order valence-corrected chi connectivity index (χ0v) is 25.1. The van der Waals surface area contributed by atoms with Gasteiger partial charge in [0.1, 0.15) is 11.5 Å². The molecule has 8 nitrogen and oxygen atoms in total. The molecule has 10 heteroatoms. The number of methoxy groups -OCH3 is 1. The van der Waals surface area contributed by atoms with Crippen LogP contribution in [0.15, 0.2) is 66.2 Å². The zero-order valence-electron chi connectivity index (χ0n) is 23.6. The molecule has 0 bridgehead atoms. The summed E-state index contributed by atoms with van der Waals surface area (Å²) in [6.07, 6.45) is 3.03. The highest BCUT2D eigenvalue weighted by molar-refractivity contribution is 7.22. The number of fused-ring (bicyclic) bond motifs is 1. The Kier molecular flexibility index (Phi) is 8.99. The van der Waals surface area contributed by atoms with E-state index in [0.29, 0.717) is 57.3 Å². The quantitative estimate of drug-likeness (QED) is 0.0814. The largest absolute Gasteiger partial charge is 0.507 e. The van der Waals surface area contributed by atoms with Crippen molar-refractivity contribution >= 4 is 55.7 Å². The van der Waals surface area contributed by atoms with Crippen LogP contribution < -0.4 is 19.1 Å². The summed E-state index contributed by atoms with van der Waals surface area (Å²) in [6, 6.07) is 16.2. The summed E-state index contributed by atoms with van der Waals surface area (Å²) >= 11 is 7.32. The van der Waals surface area contributed by atoms with Gasteiger partial charge in [0.05, 0.1) is 42.2 Å². The van der Waals surface area contributed by atoms with Crippen LogP contribution in [0.2, 0.25) is 5.02 Å². The molecule has 3 aromatic carbocycles. The molecule has 0 spiro atoms. The van der Waals surface area contributed by atoms with Crippen molar-refractivity contribution in [1.82, 2.24) is 4.98 Å². The summed E-state index contributed by atoms with van der Waals surface area (Å²) < 4.78 is 18.0. The fourth-order valence-electron chi connectivity index (χ4n) is 4.87. The summed E-state index contributed by atoms with van der Waals surface area (Å²) in [6.45, 7) is 5.07. The number of aliphatic hydroxyl groups is 1. The number of hydrogen-bond acceptors (Lipinski definition) is 8. The van der Waals surface area contributed by atoms with Gasteiger partial charge in [-0.05, 0) is 73.5 Å². The van der Waals surface area contributed by atoms with Gasteiger partial charge in [0.2, 0.25) is 0 Å². The number of Topliss-reactive ketones (excluding diaryl/α,β-unsaturated/α-hetero) is 1. The maximum atomic E-state index is 13.7. The lowest BCUT2D eigenvalue weighted by molar-refractivity contribution is -0.132. The van der Waals surface area contributed by atoms with Crippen LogP contribution in [0.1, 0.15) is 50.3 Å². The fraction of sp³-hybridized carbons (Fsp3) is 0.281. The van der Waals surface area contributed by atoms with E-state index < -0.39 is 17.7 Å². The number of ketones is 1. The summed E-state index contributed by atoms with van der Waals surface area (Å²) in [7, 11) is 1.53. The van der Waals surface area contributed by atoms with E-state index in [1.54, 1.807) is 42.5 Å². The monoisotopic (exact) mass is 606 g/mol. The van der Waals surface area contributed by atoms with Crippen molar-refractivity contribution in [3.05, 3.63) is 82.4 Å². The lowest BCUT2D eigenvalue weighted by atomic mass is 9.95. The molecule has 5 rings (SSSR count). The Hall–Kier alpha value is -4.08. The molecule has 1 aliphatic heterocycles. The van der Waals surface area contributed by atoms with Gasteiger partial charge < -0.3 is 19.3 Å². The number of amides is 1. The number of anilines is 1. The molecule has 4 aromatic rings. The van der Waals surface area contributed by atoms with Gasteiger partial charge in [-0.3, -0.25) is 14.5 Å². The number of aromatic nitrogens is 1. The van der Waals surface area contributed by atoms with Gasteiger partial charge in [-0.25, -0.2) is 4.98 Å². The Labute approximate surface area is 253 Å². The molecule has 1 amide bonds. The number of ether oxygens (including phenoxy) is 3. The van der Waals surface area contributed by atoms with E-state index in [1.807, 2.05) is 25.1 Å². The van der Waals surface area contributed by atoms with Gasteiger partial charge in [-0.15, -0.1) is 0 Å². The van der Waals surface area contributed by atoms with Crippen LogP contribution in [-0.4, -0.2) is 42.1 Å². The van der Waals surface area contributed by atoms with Crippen LogP contribution in [-0.2, 0) is 9.59 Å². The molecule has 42 heavy (non-hydrogen) atoms. The molecule has 1 unspecified atom stereocenters. The maximum Gasteiger partial charge on any atom is 0.301 e. The lowest BCUT2D eigenvalue weighted by Gasteiger charge is -2.24. The average Bonchev–Trinajstić information content (AvgIpc) is 3.53. The number of thiazole rings is 1. The van der Waals surface area contributed by atoms with Crippen molar-refractivity contribution in [2.45, 2.75) is 39.2 Å². The summed E-state index contributed by atoms with van der Waals surface area (Å²) in [5.74, 6) is -0.238. The van der Waals surface area contributed by atoms with E-state index in [2.05, 4.69) is 6.92 Å². The predicted octanol–water partition coefficient (Wildman–Crippen LogP) is 7.55. The molecular weight excluding hydrogens is 576 g/mol. The number of hydrogen-bond donors (Lipinski definition) is 1. The number of halogens is 1. The first kappa shape index (κ1) is 29.4. The lowest BCUT2D eigenvalue weighted by Crippen LogP contribution is -2.29. The van der Waals surface area contributed by atoms with Gasteiger partial charge in [0.15, 0.2) is 16.6 Å². The number of carbonyl (C=O) groups is 2. The summed E-state index contributed by atoms with van der Waals surface area (Å²) in [5.41, 5.74) is 1.51. The molecule has 218 valence electrons. The second-order valence-electron chi connectivity index (χ2n) is 9.70. The minimum atomic E-state index is -0.976. The highest BCUT2D eigenvalue weighted by Gasteiger charge is 2.48. The highest BCUT2D eigenvalue weighted by Crippen LogP contribution is 2.46. The van der Waals surface area contributed by atoms with Crippen molar-refractivity contribution in [3.63, 3.8) is 0 Å². The van der Waals surface area contributed by atoms with Crippen LogP contribution in [0.25, 0.3) is 16.0 Å². The van der Waals surface area contributed by atoms with Gasteiger partial charge in [-0.2, -0.15) is 0 Å². The first-order chi connectivity index (χ1) is 20.4. The molecule has 1 aromatic heterocycles. The molecule has 1 aliphatic rings. The summed E-state index contributed by atoms with van der Waals surface area (Å²) in [5, 5.41) is 12.2. The number of nitrogens with zero attached hydrogens (tertiary/aromatic N) is 2. The third-order valence-corrected chi connectivity index (χ3v) is 8.21. The molecule has 1 fully saturated rings. The molecular formula is C32H31ClN2O6S. The Bertz CT molecular complexity index is 1650. The Morgan fingerprint density at radius 3 is 2.50 bits per heavy atom. The van der Waals surface area contributed by atoms with E-state index in [4.69, 9.17) is 30.8 Å². The van der Waals surface area contributed by atoms with Crippen molar-refractivity contribution in [3.8, 4) is 17.2 Å². The van der Waals surface area contributed by atoms with E-state index in [-0.39, 0.29) is 11.3 Å². The SMILES string of the molecule is CCCCCOc1ccc(C2C(=C(O)c3ccc(Cl)cc3)C(=O)C(=O)N2c2nc3ccc(OCC)cc3s2)cc1OC. The molecule has 0 aliphatic carbocycles. The first-order valence-corrected chi connectivity index (χ1v) is 15.0.